The molecule has 1 heterocycles. The van der Waals surface area contributed by atoms with Gasteiger partial charge in [-0.15, -0.1) is 0 Å². The van der Waals surface area contributed by atoms with Crippen molar-refractivity contribution in [3.05, 3.63) is 0 Å². The van der Waals surface area contributed by atoms with Crippen LogP contribution in [-0.4, -0.2) is 56.8 Å². The molecule has 1 aliphatic rings. The molecule has 0 bridgehead atoms. The molecule has 2 unspecified atom stereocenters. The summed E-state index contributed by atoms with van der Waals surface area (Å²) < 4.78 is 27.2. The number of piperidine rings is 1. The minimum absolute atomic E-state index is 0.0751. The molecule has 0 aromatic rings. The molecule has 96 valence electrons. The number of nitrogens with zero attached hydrogens (tertiary/aromatic N) is 2. The maximum absolute atomic E-state index is 12.1. The van der Waals surface area contributed by atoms with E-state index >= 15 is 0 Å². The van der Waals surface area contributed by atoms with Crippen molar-refractivity contribution in [3.8, 4) is 0 Å². The first-order valence-corrected chi connectivity index (χ1v) is 7.17. The van der Waals surface area contributed by atoms with E-state index in [1.165, 1.54) is 4.31 Å². The lowest BCUT2D eigenvalue weighted by molar-refractivity contribution is 0.204. The second kappa shape index (κ2) is 5.44. The fourth-order valence-electron chi connectivity index (χ4n) is 2.12. The molecule has 0 aliphatic carbocycles. The number of nitrogens with one attached hydrogen (secondary N) is 1. The van der Waals surface area contributed by atoms with Crippen molar-refractivity contribution >= 4 is 10.2 Å². The number of hydrogen-bond donors (Lipinski definition) is 1. The van der Waals surface area contributed by atoms with E-state index in [4.69, 9.17) is 0 Å². The molecule has 0 saturated carbocycles. The highest BCUT2D eigenvalue weighted by atomic mass is 32.2. The predicted octanol–water partition coefficient (Wildman–Crippen LogP) is 0.255. The van der Waals surface area contributed by atoms with E-state index in [1.54, 1.807) is 18.4 Å². The van der Waals surface area contributed by atoms with Crippen LogP contribution >= 0.6 is 0 Å². The Morgan fingerprint density at radius 2 is 2.00 bits per heavy atom. The zero-order chi connectivity index (χ0) is 12.3. The van der Waals surface area contributed by atoms with E-state index in [2.05, 4.69) is 5.32 Å². The Hall–Kier alpha value is -0.170. The monoisotopic (exact) mass is 249 g/mol. The second-order valence-corrected chi connectivity index (χ2v) is 6.64. The van der Waals surface area contributed by atoms with E-state index in [-0.39, 0.29) is 12.1 Å². The van der Waals surface area contributed by atoms with Gasteiger partial charge in [0.05, 0.1) is 0 Å². The standard InChI is InChI=1S/C10H23N3O2S/c1-9(11-2)10-7-5-6-8-13(10)16(14,15)12(3)4/h9-11H,5-8H2,1-4H3. The summed E-state index contributed by atoms with van der Waals surface area (Å²) in [4.78, 5) is 0. The molecule has 5 nitrogen and oxygen atoms in total. The van der Waals surface area contributed by atoms with Gasteiger partial charge in [-0.05, 0) is 26.8 Å². The Labute approximate surface area is 99.0 Å². The predicted molar refractivity (Wildman–Crippen MR) is 65.5 cm³/mol. The molecule has 0 aromatic heterocycles. The van der Waals surface area contributed by atoms with Gasteiger partial charge in [-0.25, -0.2) is 0 Å². The third-order valence-corrected chi connectivity index (χ3v) is 5.26. The van der Waals surface area contributed by atoms with Crippen LogP contribution in [0.15, 0.2) is 0 Å². The Bertz CT molecular complexity index is 316. The second-order valence-electron chi connectivity index (χ2n) is 4.54. The molecular weight excluding hydrogens is 226 g/mol. The summed E-state index contributed by atoms with van der Waals surface area (Å²) in [5, 5.41) is 3.15. The molecule has 0 amide bonds. The third kappa shape index (κ3) is 2.74. The summed E-state index contributed by atoms with van der Waals surface area (Å²) in [5.41, 5.74) is 0. The van der Waals surface area contributed by atoms with E-state index in [9.17, 15) is 8.42 Å². The largest absolute Gasteiger partial charge is 0.316 e. The lowest BCUT2D eigenvalue weighted by Gasteiger charge is -2.39. The Balaban J connectivity index is 2.90. The summed E-state index contributed by atoms with van der Waals surface area (Å²) >= 11 is 0. The molecule has 0 radical (unpaired) electrons. The SMILES string of the molecule is CNC(C)C1CCCCN1S(=O)(=O)N(C)C. The molecule has 0 spiro atoms. The Morgan fingerprint density at radius 1 is 1.38 bits per heavy atom. The first-order chi connectivity index (χ1) is 7.41. The van der Waals surface area contributed by atoms with Crippen LogP contribution in [0.4, 0.5) is 0 Å². The lowest BCUT2D eigenvalue weighted by Crippen LogP contribution is -2.55. The number of likely N-dealkylation sites (N-methyl/N-ethyl adjacent to an activating group) is 1. The molecule has 6 heteroatoms. The topological polar surface area (TPSA) is 52.7 Å². The molecule has 2 atom stereocenters. The average molecular weight is 249 g/mol. The average Bonchev–Trinajstić information content (AvgIpc) is 2.27. The van der Waals surface area contributed by atoms with Crippen LogP contribution in [0.2, 0.25) is 0 Å². The molecular formula is C10H23N3O2S. The fraction of sp³-hybridized carbons (Fsp3) is 1.00. The van der Waals surface area contributed by atoms with Gasteiger partial charge in [0.25, 0.3) is 10.2 Å². The smallest absolute Gasteiger partial charge is 0.281 e. The number of rotatable bonds is 4. The van der Waals surface area contributed by atoms with Crippen molar-refractivity contribution in [1.82, 2.24) is 13.9 Å². The van der Waals surface area contributed by atoms with E-state index in [1.807, 2.05) is 14.0 Å². The van der Waals surface area contributed by atoms with Crippen LogP contribution in [0.3, 0.4) is 0 Å². The van der Waals surface area contributed by atoms with Crippen molar-refractivity contribution in [3.63, 3.8) is 0 Å². The fourth-order valence-corrected chi connectivity index (χ4v) is 3.53. The zero-order valence-electron chi connectivity index (χ0n) is 10.6. The normalized spacial score (nSPS) is 25.9. The van der Waals surface area contributed by atoms with Crippen LogP contribution in [-0.2, 0) is 10.2 Å². The van der Waals surface area contributed by atoms with Crippen molar-refractivity contribution in [2.75, 3.05) is 27.7 Å². The van der Waals surface area contributed by atoms with Gasteiger partial charge in [-0.1, -0.05) is 6.42 Å². The molecule has 16 heavy (non-hydrogen) atoms. The van der Waals surface area contributed by atoms with Crippen LogP contribution < -0.4 is 5.32 Å². The van der Waals surface area contributed by atoms with Crippen LogP contribution in [0, 0.1) is 0 Å². The molecule has 1 saturated heterocycles. The van der Waals surface area contributed by atoms with Gasteiger partial charge in [0.15, 0.2) is 0 Å². The minimum Gasteiger partial charge on any atom is -0.316 e. The van der Waals surface area contributed by atoms with Crippen molar-refractivity contribution < 1.29 is 8.42 Å². The van der Waals surface area contributed by atoms with Gasteiger partial charge in [0.1, 0.15) is 0 Å². The molecule has 0 aromatic carbocycles. The molecule has 1 aliphatic heterocycles. The highest BCUT2D eigenvalue weighted by Crippen LogP contribution is 2.23. The summed E-state index contributed by atoms with van der Waals surface area (Å²) in [6, 6.07) is 0.265. The van der Waals surface area contributed by atoms with Gasteiger partial charge in [-0.2, -0.15) is 17.0 Å². The van der Waals surface area contributed by atoms with E-state index in [0.717, 1.165) is 19.3 Å². The minimum atomic E-state index is -3.28. The van der Waals surface area contributed by atoms with Crippen LogP contribution in [0.1, 0.15) is 26.2 Å². The van der Waals surface area contributed by atoms with Gasteiger partial charge >= 0.3 is 0 Å². The maximum atomic E-state index is 12.1. The van der Waals surface area contributed by atoms with Gasteiger partial charge < -0.3 is 5.32 Å². The lowest BCUT2D eigenvalue weighted by atomic mass is 9.99. The van der Waals surface area contributed by atoms with Gasteiger partial charge in [0.2, 0.25) is 0 Å². The van der Waals surface area contributed by atoms with E-state index < -0.39 is 10.2 Å². The van der Waals surface area contributed by atoms with Crippen molar-refractivity contribution in [2.45, 2.75) is 38.3 Å². The third-order valence-electron chi connectivity index (χ3n) is 3.29. The van der Waals surface area contributed by atoms with Crippen LogP contribution in [0.25, 0.3) is 0 Å². The highest BCUT2D eigenvalue weighted by Gasteiger charge is 2.35. The molecule has 1 rings (SSSR count). The van der Waals surface area contributed by atoms with Crippen molar-refractivity contribution in [1.29, 1.82) is 0 Å². The van der Waals surface area contributed by atoms with Crippen molar-refractivity contribution in [2.24, 2.45) is 0 Å². The van der Waals surface area contributed by atoms with Gasteiger partial charge in [0, 0.05) is 32.7 Å². The summed E-state index contributed by atoms with van der Waals surface area (Å²) in [6.07, 6.45) is 3.01. The Kier molecular flexibility index (Phi) is 4.73. The molecule has 1 N–H and O–H groups in total. The zero-order valence-corrected chi connectivity index (χ0v) is 11.4. The van der Waals surface area contributed by atoms with Crippen LogP contribution in [0.5, 0.6) is 0 Å². The molecule has 1 fully saturated rings. The number of hydrogen-bond acceptors (Lipinski definition) is 3. The highest BCUT2D eigenvalue weighted by molar-refractivity contribution is 7.86. The summed E-state index contributed by atoms with van der Waals surface area (Å²) in [5.74, 6) is 0. The quantitative estimate of drug-likeness (QED) is 0.777. The summed E-state index contributed by atoms with van der Waals surface area (Å²) in [6.45, 7) is 2.67. The maximum Gasteiger partial charge on any atom is 0.281 e. The van der Waals surface area contributed by atoms with Gasteiger partial charge in [-0.3, -0.25) is 0 Å². The first kappa shape index (κ1) is 13.9. The summed E-state index contributed by atoms with van der Waals surface area (Å²) in [7, 11) is 1.77. The first-order valence-electron chi connectivity index (χ1n) is 5.77. The van der Waals surface area contributed by atoms with E-state index in [0.29, 0.717) is 6.54 Å². The Morgan fingerprint density at radius 3 is 2.50 bits per heavy atom.